The highest BCUT2D eigenvalue weighted by atomic mass is 35.5. The Hall–Kier alpha value is -2.72. The Morgan fingerprint density at radius 2 is 1.69 bits per heavy atom. The van der Waals surface area contributed by atoms with E-state index in [4.69, 9.17) is 11.6 Å². The number of hydrogen-bond acceptors (Lipinski definition) is 4. The highest BCUT2D eigenvalue weighted by Gasteiger charge is 2.27. The Morgan fingerprint density at radius 1 is 1.03 bits per heavy atom. The number of nitrogens with zero attached hydrogens (tertiary/aromatic N) is 2. The molecule has 6 nitrogen and oxygen atoms in total. The van der Waals surface area contributed by atoms with Crippen LogP contribution in [0.25, 0.3) is 0 Å². The van der Waals surface area contributed by atoms with E-state index in [2.05, 4.69) is 15.1 Å². The molecule has 0 spiro atoms. The molecule has 29 heavy (non-hydrogen) atoms. The van der Waals surface area contributed by atoms with Crippen molar-refractivity contribution in [2.45, 2.75) is 18.7 Å². The van der Waals surface area contributed by atoms with Crippen LogP contribution in [0.5, 0.6) is 0 Å². The van der Waals surface area contributed by atoms with Gasteiger partial charge in [-0.2, -0.15) is 5.10 Å². The molecule has 2 aromatic carbocycles. The van der Waals surface area contributed by atoms with Gasteiger partial charge in [-0.15, -0.1) is 0 Å². The summed E-state index contributed by atoms with van der Waals surface area (Å²) in [5, 5.41) is 6.19. The van der Waals surface area contributed by atoms with Crippen LogP contribution in [0.2, 0.25) is 5.15 Å². The predicted molar refractivity (Wildman–Crippen MR) is 105 cm³/mol. The van der Waals surface area contributed by atoms with Gasteiger partial charge in [0.1, 0.15) is 21.6 Å². The van der Waals surface area contributed by atoms with Crippen LogP contribution in [-0.2, 0) is 17.1 Å². The minimum Gasteiger partial charge on any atom is -0.349 e. The Balaban J connectivity index is 2.07. The van der Waals surface area contributed by atoms with Gasteiger partial charge >= 0.3 is 0 Å². The minimum atomic E-state index is -4.30. The molecule has 0 bridgehead atoms. The van der Waals surface area contributed by atoms with Crippen LogP contribution in [0.1, 0.15) is 11.3 Å². The summed E-state index contributed by atoms with van der Waals surface area (Å²) in [5.74, 6) is -3.33. The van der Waals surface area contributed by atoms with Crippen molar-refractivity contribution in [3.05, 3.63) is 64.2 Å². The third kappa shape index (κ3) is 4.03. The Bertz CT molecular complexity index is 1210. The van der Waals surface area contributed by atoms with Crippen molar-refractivity contribution < 1.29 is 21.6 Å². The number of aromatic nitrogens is 2. The summed E-state index contributed by atoms with van der Waals surface area (Å²) in [6.45, 7) is 3.10. The van der Waals surface area contributed by atoms with E-state index in [-0.39, 0.29) is 27.1 Å². The molecule has 0 unspecified atom stereocenters. The van der Waals surface area contributed by atoms with Crippen LogP contribution in [-0.4, -0.2) is 18.2 Å². The van der Waals surface area contributed by atoms with E-state index in [0.29, 0.717) is 5.56 Å². The molecule has 0 saturated heterocycles. The summed E-state index contributed by atoms with van der Waals surface area (Å²) in [4.78, 5) is -0.307. The summed E-state index contributed by atoms with van der Waals surface area (Å²) in [6.07, 6.45) is 0. The van der Waals surface area contributed by atoms with Gasteiger partial charge in [-0.3, -0.25) is 9.40 Å². The van der Waals surface area contributed by atoms with E-state index in [0.717, 1.165) is 16.8 Å². The molecule has 154 valence electrons. The van der Waals surface area contributed by atoms with Crippen LogP contribution >= 0.6 is 11.6 Å². The molecule has 3 aromatic rings. The molecular weight excluding hydrogens is 429 g/mol. The molecule has 0 fully saturated rings. The summed E-state index contributed by atoms with van der Waals surface area (Å²) >= 11 is 6.01. The van der Waals surface area contributed by atoms with Gasteiger partial charge in [0.05, 0.1) is 17.1 Å². The second-order valence-corrected chi connectivity index (χ2v) is 8.30. The highest BCUT2D eigenvalue weighted by molar-refractivity contribution is 7.93. The smallest absolute Gasteiger partial charge is 0.266 e. The molecule has 0 aliphatic rings. The van der Waals surface area contributed by atoms with Crippen LogP contribution in [0, 0.1) is 31.3 Å². The van der Waals surface area contributed by atoms with Crippen LogP contribution < -0.4 is 10.0 Å². The minimum absolute atomic E-state index is 0.117. The average Bonchev–Trinajstić information content (AvgIpc) is 2.88. The monoisotopic (exact) mass is 444 g/mol. The molecule has 11 heteroatoms. The number of benzene rings is 2. The highest BCUT2D eigenvalue weighted by Crippen LogP contribution is 2.34. The van der Waals surface area contributed by atoms with Gasteiger partial charge in [0.25, 0.3) is 10.0 Å². The first-order valence-electron chi connectivity index (χ1n) is 8.24. The Kier molecular flexibility index (Phi) is 5.50. The molecule has 0 atom stereocenters. The van der Waals surface area contributed by atoms with Gasteiger partial charge in [0.2, 0.25) is 0 Å². The third-order valence-electron chi connectivity index (χ3n) is 4.09. The van der Waals surface area contributed by atoms with Crippen molar-refractivity contribution in [2.24, 2.45) is 7.05 Å². The Morgan fingerprint density at radius 3 is 2.28 bits per heavy atom. The fourth-order valence-electron chi connectivity index (χ4n) is 2.73. The lowest BCUT2D eigenvalue weighted by molar-refractivity contribution is 0.512. The molecule has 0 aliphatic heterocycles. The van der Waals surface area contributed by atoms with Crippen molar-refractivity contribution >= 4 is 38.7 Å². The van der Waals surface area contributed by atoms with Crippen molar-refractivity contribution in [1.82, 2.24) is 9.78 Å². The predicted octanol–water partition coefficient (Wildman–Crippen LogP) is 4.65. The lowest BCUT2D eigenvalue weighted by Gasteiger charge is -2.16. The average molecular weight is 445 g/mol. The van der Waals surface area contributed by atoms with E-state index in [1.54, 1.807) is 13.0 Å². The summed E-state index contributed by atoms with van der Waals surface area (Å²) in [7, 11) is -2.85. The standard InChI is InChI=1S/C18H16ClF3N4O2S/c1-9-4-6-13(12(21)8-9)23-16-14(7-5-11(20)15(16)22)25-29(27,28)17-10(2)24-26(3)18(17)19/h4-8,23,25H,1-3H3. The van der Waals surface area contributed by atoms with Crippen molar-refractivity contribution in [3.63, 3.8) is 0 Å². The maximum atomic E-state index is 14.5. The van der Waals surface area contributed by atoms with E-state index >= 15 is 0 Å². The van der Waals surface area contributed by atoms with Crippen LogP contribution in [0.4, 0.5) is 30.2 Å². The van der Waals surface area contributed by atoms with Gasteiger partial charge in [0.15, 0.2) is 11.6 Å². The lowest BCUT2D eigenvalue weighted by atomic mass is 10.2. The van der Waals surface area contributed by atoms with Crippen LogP contribution in [0.15, 0.2) is 35.2 Å². The molecule has 0 aliphatic carbocycles. The maximum absolute atomic E-state index is 14.5. The second-order valence-electron chi connectivity index (χ2n) is 6.33. The fourth-order valence-corrected chi connectivity index (χ4v) is 4.55. The SMILES string of the molecule is Cc1ccc(Nc2c(NS(=O)(=O)c3c(C)nn(C)c3Cl)ccc(F)c2F)c(F)c1. The normalized spacial score (nSPS) is 11.6. The van der Waals surface area contributed by atoms with Crippen molar-refractivity contribution in [2.75, 3.05) is 10.0 Å². The van der Waals surface area contributed by atoms with E-state index in [1.165, 1.54) is 26.1 Å². The zero-order valence-electron chi connectivity index (χ0n) is 15.5. The van der Waals surface area contributed by atoms with Gasteiger partial charge in [-0.05, 0) is 43.7 Å². The second kappa shape index (κ2) is 7.60. The first kappa shape index (κ1) is 21.0. The van der Waals surface area contributed by atoms with E-state index in [1.807, 2.05) is 0 Å². The first-order chi connectivity index (χ1) is 13.5. The Labute approximate surface area is 170 Å². The number of anilines is 3. The van der Waals surface area contributed by atoms with Gasteiger partial charge in [-0.1, -0.05) is 17.7 Å². The number of nitrogens with one attached hydrogen (secondary N) is 2. The fraction of sp³-hybridized carbons (Fsp3) is 0.167. The number of sulfonamides is 1. The number of rotatable bonds is 5. The summed E-state index contributed by atoms with van der Waals surface area (Å²) < 4.78 is 71.3. The van der Waals surface area contributed by atoms with Crippen molar-refractivity contribution in [3.8, 4) is 0 Å². The quantitative estimate of drug-likeness (QED) is 0.600. The van der Waals surface area contributed by atoms with Gasteiger partial charge in [0, 0.05) is 7.05 Å². The number of aryl methyl sites for hydroxylation is 3. The third-order valence-corrected chi connectivity index (χ3v) is 6.15. The molecule has 0 amide bonds. The summed E-state index contributed by atoms with van der Waals surface area (Å²) in [5.41, 5.74) is -0.324. The number of hydrogen-bond donors (Lipinski definition) is 2. The zero-order chi connectivity index (χ0) is 21.5. The largest absolute Gasteiger partial charge is 0.349 e. The molecule has 2 N–H and O–H groups in total. The summed E-state index contributed by atoms with van der Waals surface area (Å²) in [6, 6.07) is 5.86. The zero-order valence-corrected chi connectivity index (χ0v) is 17.1. The molecule has 1 heterocycles. The topological polar surface area (TPSA) is 76.0 Å². The molecular formula is C18H16ClF3N4O2S. The van der Waals surface area contributed by atoms with E-state index in [9.17, 15) is 21.6 Å². The van der Waals surface area contributed by atoms with Crippen LogP contribution in [0.3, 0.4) is 0 Å². The maximum Gasteiger partial charge on any atom is 0.266 e. The molecule has 0 radical (unpaired) electrons. The van der Waals surface area contributed by atoms with E-state index < -0.39 is 33.2 Å². The number of halogens is 4. The lowest BCUT2D eigenvalue weighted by Crippen LogP contribution is -2.16. The van der Waals surface area contributed by atoms with Gasteiger partial charge in [-0.25, -0.2) is 21.6 Å². The molecule has 3 rings (SSSR count). The van der Waals surface area contributed by atoms with Crippen molar-refractivity contribution in [1.29, 1.82) is 0 Å². The molecule has 1 aromatic heterocycles. The van der Waals surface area contributed by atoms with Gasteiger partial charge < -0.3 is 5.32 Å². The molecule has 0 saturated carbocycles. The first-order valence-corrected chi connectivity index (χ1v) is 10.1.